The molecule has 0 saturated carbocycles. The van der Waals surface area contributed by atoms with Crippen LogP contribution in [0.4, 0.5) is 0 Å². The van der Waals surface area contributed by atoms with Gasteiger partial charge in [0.25, 0.3) is 0 Å². The molecule has 1 fully saturated rings. The molecule has 3 heteroatoms. The first kappa shape index (κ1) is 8.79. The topological polar surface area (TPSA) is 29.1 Å². The first-order chi connectivity index (χ1) is 6.34. The molecule has 13 heavy (non-hydrogen) atoms. The van der Waals surface area contributed by atoms with Gasteiger partial charge in [-0.25, -0.2) is 0 Å². The molecule has 0 aromatic heterocycles. The number of hydrogen-bond acceptors (Lipinski definition) is 1. The Balaban J connectivity index is 1.96. The van der Waals surface area contributed by atoms with Crippen LogP contribution in [0.1, 0.15) is 6.42 Å². The molecule has 1 saturated heterocycles. The quantitative estimate of drug-likeness (QED) is 0.741. The molecular formula is C10H11NOSe. The van der Waals surface area contributed by atoms with Crippen molar-refractivity contribution in [2.24, 2.45) is 0 Å². The van der Waals surface area contributed by atoms with E-state index in [2.05, 4.69) is 29.6 Å². The summed E-state index contributed by atoms with van der Waals surface area (Å²) >= 11 is 0.445. The number of nitrogens with one attached hydrogen (secondary N) is 1. The molecule has 1 N–H and O–H groups in total. The van der Waals surface area contributed by atoms with Crippen molar-refractivity contribution in [3.63, 3.8) is 0 Å². The van der Waals surface area contributed by atoms with Crippen molar-refractivity contribution >= 4 is 25.3 Å². The number of hydrogen-bond donors (Lipinski definition) is 1. The summed E-state index contributed by atoms with van der Waals surface area (Å²) in [5.41, 5.74) is 0. The molecular weight excluding hydrogens is 229 g/mol. The van der Waals surface area contributed by atoms with Crippen LogP contribution in [0.15, 0.2) is 30.3 Å². The fourth-order valence-corrected chi connectivity index (χ4v) is 3.66. The van der Waals surface area contributed by atoms with Crippen LogP contribution in [-0.2, 0) is 4.79 Å². The van der Waals surface area contributed by atoms with Gasteiger partial charge in [-0.05, 0) is 0 Å². The van der Waals surface area contributed by atoms with Gasteiger partial charge < -0.3 is 0 Å². The molecule has 0 spiro atoms. The van der Waals surface area contributed by atoms with Gasteiger partial charge in [0.15, 0.2) is 0 Å². The fourth-order valence-electron chi connectivity index (χ4n) is 1.35. The van der Waals surface area contributed by atoms with Crippen molar-refractivity contribution in [2.45, 2.75) is 11.2 Å². The van der Waals surface area contributed by atoms with E-state index in [0.29, 0.717) is 19.8 Å². The van der Waals surface area contributed by atoms with Gasteiger partial charge >= 0.3 is 83.6 Å². The summed E-state index contributed by atoms with van der Waals surface area (Å²) in [5, 5.41) is 2.87. The van der Waals surface area contributed by atoms with Crippen molar-refractivity contribution in [2.75, 3.05) is 6.54 Å². The first-order valence-electron chi connectivity index (χ1n) is 4.33. The Morgan fingerprint density at radius 1 is 1.31 bits per heavy atom. The second kappa shape index (κ2) is 3.95. The Labute approximate surface area is 83.9 Å². The van der Waals surface area contributed by atoms with Crippen LogP contribution in [0.5, 0.6) is 0 Å². The summed E-state index contributed by atoms with van der Waals surface area (Å²) in [7, 11) is 0. The minimum atomic E-state index is 0.211. The number of amides is 1. The number of rotatable bonds is 2. The molecule has 2 nitrogen and oxygen atoms in total. The molecule has 0 radical (unpaired) electrons. The number of carbonyl (C=O) groups is 1. The third kappa shape index (κ3) is 2.33. The van der Waals surface area contributed by atoms with E-state index in [1.54, 1.807) is 0 Å². The normalized spacial score (nSPS) is 21.5. The Bertz CT molecular complexity index is 299. The van der Waals surface area contributed by atoms with Gasteiger partial charge in [0.05, 0.1) is 0 Å². The van der Waals surface area contributed by atoms with Crippen molar-refractivity contribution in [3.8, 4) is 0 Å². The molecule has 2 rings (SSSR count). The fraction of sp³-hybridized carbons (Fsp3) is 0.300. The molecule has 1 aliphatic heterocycles. The number of carbonyl (C=O) groups excluding carboxylic acids is 1. The van der Waals surface area contributed by atoms with Crippen LogP contribution in [0, 0.1) is 0 Å². The summed E-state index contributed by atoms with van der Waals surface area (Å²) in [6.07, 6.45) is 0.717. The number of benzene rings is 1. The summed E-state index contributed by atoms with van der Waals surface area (Å²) in [4.78, 5) is 11.5. The molecule has 1 heterocycles. The van der Waals surface area contributed by atoms with Gasteiger partial charge in [-0.15, -0.1) is 0 Å². The average molecular weight is 240 g/mol. The second-order valence-electron chi connectivity index (χ2n) is 3.06. The zero-order chi connectivity index (χ0) is 9.10. The van der Waals surface area contributed by atoms with Crippen molar-refractivity contribution in [3.05, 3.63) is 30.3 Å². The van der Waals surface area contributed by atoms with E-state index in [0.717, 1.165) is 13.0 Å². The Kier molecular flexibility index (Phi) is 2.67. The van der Waals surface area contributed by atoms with E-state index in [-0.39, 0.29) is 5.91 Å². The standard InChI is InChI=1S/C10H11NOSe/c12-10-6-9(7-11-10)13-8-4-2-1-3-5-8/h1-5,9H,6-7H2,(H,11,12). The van der Waals surface area contributed by atoms with Crippen molar-refractivity contribution in [1.29, 1.82) is 0 Å². The van der Waals surface area contributed by atoms with Crippen LogP contribution < -0.4 is 9.78 Å². The monoisotopic (exact) mass is 241 g/mol. The summed E-state index contributed by atoms with van der Waals surface area (Å²) in [6.45, 7) is 0.869. The summed E-state index contributed by atoms with van der Waals surface area (Å²) in [5.74, 6) is 0.211. The average Bonchev–Trinajstić information content (AvgIpc) is 2.53. The van der Waals surface area contributed by atoms with Gasteiger partial charge in [-0.3, -0.25) is 0 Å². The van der Waals surface area contributed by atoms with E-state index < -0.39 is 0 Å². The third-order valence-electron chi connectivity index (χ3n) is 1.99. The maximum absolute atomic E-state index is 10.9. The minimum absolute atomic E-state index is 0.211. The van der Waals surface area contributed by atoms with E-state index in [1.165, 1.54) is 4.46 Å². The Morgan fingerprint density at radius 3 is 2.69 bits per heavy atom. The second-order valence-corrected chi connectivity index (χ2v) is 5.94. The van der Waals surface area contributed by atoms with E-state index in [9.17, 15) is 4.79 Å². The van der Waals surface area contributed by atoms with E-state index >= 15 is 0 Å². The first-order valence-corrected chi connectivity index (χ1v) is 6.17. The molecule has 0 aliphatic carbocycles. The van der Waals surface area contributed by atoms with Crippen LogP contribution in [0.2, 0.25) is 4.82 Å². The molecule has 68 valence electrons. The van der Waals surface area contributed by atoms with Crippen molar-refractivity contribution in [1.82, 2.24) is 5.32 Å². The molecule has 1 aromatic rings. The Hall–Kier alpha value is -0.791. The molecule has 1 aliphatic rings. The Morgan fingerprint density at radius 2 is 2.08 bits per heavy atom. The maximum atomic E-state index is 10.9. The molecule has 1 unspecified atom stereocenters. The van der Waals surface area contributed by atoms with Crippen LogP contribution >= 0.6 is 0 Å². The summed E-state index contributed by atoms with van der Waals surface area (Å²) in [6, 6.07) is 10.4. The zero-order valence-corrected chi connectivity index (χ0v) is 8.91. The van der Waals surface area contributed by atoms with Gasteiger partial charge in [0, 0.05) is 0 Å². The zero-order valence-electron chi connectivity index (χ0n) is 7.19. The van der Waals surface area contributed by atoms with Gasteiger partial charge in [-0.1, -0.05) is 0 Å². The van der Waals surface area contributed by atoms with Crippen LogP contribution in [-0.4, -0.2) is 27.4 Å². The van der Waals surface area contributed by atoms with Gasteiger partial charge in [0.1, 0.15) is 0 Å². The van der Waals surface area contributed by atoms with Crippen LogP contribution in [0.3, 0.4) is 0 Å². The van der Waals surface area contributed by atoms with Gasteiger partial charge in [-0.2, -0.15) is 0 Å². The van der Waals surface area contributed by atoms with E-state index in [4.69, 9.17) is 0 Å². The molecule has 1 amide bonds. The van der Waals surface area contributed by atoms with Gasteiger partial charge in [0.2, 0.25) is 0 Å². The molecule has 1 atom stereocenters. The third-order valence-corrected chi connectivity index (χ3v) is 4.53. The summed E-state index contributed by atoms with van der Waals surface area (Å²) < 4.78 is 1.39. The van der Waals surface area contributed by atoms with Crippen LogP contribution in [0.25, 0.3) is 0 Å². The molecule has 0 bridgehead atoms. The predicted octanol–water partition coefficient (Wildman–Crippen LogP) is 0.325. The van der Waals surface area contributed by atoms with E-state index in [1.807, 2.05) is 6.07 Å². The molecule has 1 aromatic carbocycles. The predicted molar refractivity (Wildman–Crippen MR) is 53.2 cm³/mol. The SMILES string of the molecule is O=C1CC([Se]c2ccccc2)CN1. The van der Waals surface area contributed by atoms with Crippen molar-refractivity contribution < 1.29 is 4.79 Å².